The van der Waals surface area contributed by atoms with Crippen molar-refractivity contribution in [3.05, 3.63) is 93.5 Å². The Morgan fingerprint density at radius 3 is 2.50 bits per heavy atom. The molecule has 0 atom stereocenters. The lowest BCUT2D eigenvalue weighted by molar-refractivity contribution is -0.387. The van der Waals surface area contributed by atoms with Crippen LogP contribution in [0.3, 0.4) is 0 Å². The Kier molecular flexibility index (Phi) is 7.35. The summed E-state index contributed by atoms with van der Waals surface area (Å²) >= 11 is 1.31. The quantitative estimate of drug-likeness (QED) is 0.307. The molecule has 2 amide bonds. The van der Waals surface area contributed by atoms with Gasteiger partial charge in [0.1, 0.15) is 0 Å². The number of nitrogens with zero attached hydrogens (tertiary/aromatic N) is 2. The van der Waals surface area contributed by atoms with E-state index >= 15 is 0 Å². The summed E-state index contributed by atoms with van der Waals surface area (Å²) in [5.41, 5.74) is 4.71. The first kappa shape index (κ1) is 22.7. The van der Waals surface area contributed by atoms with Gasteiger partial charge < -0.3 is 5.32 Å². The van der Waals surface area contributed by atoms with Gasteiger partial charge in [-0.3, -0.25) is 19.7 Å². The normalized spacial score (nSPS) is 10.7. The fourth-order valence-corrected chi connectivity index (χ4v) is 3.65. The average Bonchev–Trinajstić information content (AvgIpc) is 2.75. The van der Waals surface area contributed by atoms with Gasteiger partial charge in [0.2, 0.25) is 5.91 Å². The first-order chi connectivity index (χ1) is 15.3. The van der Waals surface area contributed by atoms with Crippen molar-refractivity contribution in [3.63, 3.8) is 0 Å². The number of rotatable bonds is 7. The van der Waals surface area contributed by atoms with Crippen molar-refractivity contribution in [1.29, 1.82) is 0 Å². The van der Waals surface area contributed by atoms with Crippen molar-refractivity contribution in [1.82, 2.24) is 5.43 Å². The lowest BCUT2D eigenvalue weighted by atomic mass is 10.2. The third-order valence-corrected chi connectivity index (χ3v) is 5.33. The molecule has 0 aromatic heterocycles. The van der Waals surface area contributed by atoms with Crippen LogP contribution >= 0.6 is 11.8 Å². The van der Waals surface area contributed by atoms with Crippen LogP contribution in [0.4, 0.5) is 11.4 Å². The number of nitro groups is 1. The lowest BCUT2D eigenvalue weighted by Crippen LogP contribution is -2.18. The number of benzene rings is 3. The molecule has 32 heavy (non-hydrogen) atoms. The van der Waals surface area contributed by atoms with Crippen LogP contribution in [0.15, 0.2) is 81.6 Å². The highest BCUT2D eigenvalue weighted by Crippen LogP contribution is 2.35. The Morgan fingerprint density at radius 2 is 1.81 bits per heavy atom. The number of carbonyl (C=O) groups excluding carboxylic acids is 2. The second-order valence-electron chi connectivity index (χ2n) is 6.86. The van der Waals surface area contributed by atoms with Crippen LogP contribution in [0.2, 0.25) is 0 Å². The first-order valence-electron chi connectivity index (χ1n) is 9.56. The van der Waals surface area contributed by atoms with Crippen molar-refractivity contribution < 1.29 is 14.5 Å². The van der Waals surface area contributed by atoms with Gasteiger partial charge in [0.05, 0.1) is 16.0 Å². The minimum atomic E-state index is -0.477. The van der Waals surface area contributed by atoms with Crippen molar-refractivity contribution >= 4 is 41.2 Å². The molecule has 0 aliphatic rings. The van der Waals surface area contributed by atoms with Crippen LogP contribution in [0.1, 0.15) is 28.4 Å². The zero-order chi connectivity index (χ0) is 23.1. The lowest BCUT2D eigenvalue weighted by Gasteiger charge is -2.05. The molecule has 0 bridgehead atoms. The number of hydrogen-bond donors (Lipinski definition) is 2. The molecule has 3 rings (SSSR count). The van der Waals surface area contributed by atoms with Crippen LogP contribution < -0.4 is 10.7 Å². The van der Waals surface area contributed by atoms with E-state index in [1.54, 1.807) is 30.3 Å². The molecule has 0 spiro atoms. The molecular weight excluding hydrogens is 428 g/mol. The second-order valence-corrected chi connectivity index (χ2v) is 7.98. The number of nitro benzene ring substituents is 1. The Hall–Kier alpha value is -3.98. The first-order valence-corrected chi connectivity index (χ1v) is 10.4. The van der Waals surface area contributed by atoms with Crippen LogP contribution in [0.25, 0.3) is 0 Å². The van der Waals surface area contributed by atoms with E-state index in [2.05, 4.69) is 15.8 Å². The van der Waals surface area contributed by atoms with E-state index < -0.39 is 10.8 Å². The summed E-state index contributed by atoms with van der Waals surface area (Å²) < 4.78 is 0. The average molecular weight is 449 g/mol. The zero-order valence-corrected chi connectivity index (χ0v) is 18.2. The summed E-state index contributed by atoms with van der Waals surface area (Å²) in [7, 11) is 0. The van der Waals surface area contributed by atoms with Crippen molar-refractivity contribution in [2.24, 2.45) is 5.10 Å². The van der Waals surface area contributed by atoms with E-state index in [1.165, 1.54) is 37.0 Å². The van der Waals surface area contributed by atoms with Gasteiger partial charge in [-0.25, -0.2) is 5.43 Å². The summed E-state index contributed by atoms with van der Waals surface area (Å²) in [6.45, 7) is 3.35. The van der Waals surface area contributed by atoms with E-state index in [0.717, 1.165) is 10.5 Å². The highest BCUT2D eigenvalue weighted by atomic mass is 32.2. The van der Waals surface area contributed by atoms with E-state index in [1.807, 2.05) is 31.2 Å². The Bertz CT molecular complexity index is 1190. The van der Waals surface area contributed by atoms with Gasteiger partial charge >= 0.3 is 0 Å². The number of aryl methyl sites for hydroxylation is 1. The molecule has 8 nitrogen and oxygen atoms in total. The maximum absolute atomic E-state index is 12.3. The molecule has 0 aliphatic heterocycles. The number of nitrogens with one attached hydrogen (secondary N) is 2. The SMILES string of the molecule is CC(=O)Nc1cccc(C(=O)N/N=C/c2ccc(Sc3ccc(C)cc3)c([N+](=O)[O-])c2)c1. The predicted molar refractivity (Wildman–Crippen MR) is 124 cm³/mol. The molecule has 0 saturated carbocycles. The van der Waals surface area contributed by atoms with Crippen LogP contribution in [0.5, 0.6) is 0 Å². The molecule has 0 aliphatic carbocycles. The third kappa shape index (κ3) is 6.26. The molecule has 0 unspecified atom stereocenters. The van der Waals surface area contributed by atoms with Crippen LogP contribution in [0, 0.1) is 17.0 Å². The Morgan fingerprint density at radius 1 is 1.06 bits per heavy atom. The standard InChI is InChI=1S/C23H20N4O4S/c1-15-6-9-20(10-7-15)32-22-11-8-17(12-21(22)27(30)31)14-24-26-23(29)18-4-3-5-19(13-18)25-16(2)28/h3-14H,1-2H3,(H,25,28)(H,26,29)/b24-14+. The van der Waals surface area contributed by atoms with Crippen molar-refractivity contribution in [2.75, 3.05) is 5.32 Å². The molecule has 9 heteroatoms. The van der Waals surface area contributed by atoms with Crippen molar-refractivity contribution in [2.45, 2.75) is 23.6 Å². The smallest absolute Gasteiger partial charge is 0.283 e. The second kappa shape index (κ2) is 10.4. The Balaban J connectivity index is 1.71. The number of carbonyl (C=O) groups is 2. The largest absolute Gasteiger partial charge is 0.326 e. The summed E-state index contributed by atoms with van der Waals surface area (Å²) in [5, 5.41) is 18.0. The molecule has 0 fully saturated rings. The van der Waals surface area contributed by atoms with Gasteiger partial charge in [0.25, 0.3) is 11.6 Å². The van der Waals surface area contributed by atoms with Gasteiger partial charge in [-0.15, -0.1) is 0 Å². The minimum Gasteiger partial charge on any atom is -0.326 e. The fraction of sp³-hybridized carbons (Fsp3) is 0.0870. The summed E-state index contributed by atoms with van der Waals surface area (Å²) in [5.74, 6) is -0.722. The topological polar surface area (TPSA) is 114 Å². The van der Waals surface area contributed by atoms with Gasteiger partial charge in [0, 0.05) is 34.7 Å². The highest BCUT2D eigenvalue weighted by Gasteiger charge is 2.15. The molecule has 3 aromatic rings. The molecule has 0 heterocycles. The Labute approximate surface area is 188 Å². The van der Waals surface area contributed by atoms with E-state index in [4.69, 9.17) is 0 Å². The van der Waals surface area contributed by atoms with Crippen molar-refractivity contribution in [3.8, 4) is 0 Å². The number of hydrazone groups is 1. The van der Waals surface area contributed by atoms with Gasteiger partial charge in [-0.2, -0.15) is 5.10 Å². The maximum atomic E-state index is 12.3. The zero-order valence-electron chi connectivity index (χ0n) is 17.4. The fourth-order valence-electron chi connectivity index (χ4n) is 2.75. The molecule has 3 aromatic carbocycles. The van der Waals surface area contributed by atoms with Crippen LogP contribution in [-0.4, -0.2) is 23.0 Å². The van der Waals surface area contributed by atoms with E-state index in [9.17, 15) is 19.7 Å². The number of hydrogen-bond acceptors (Lipinski definition) is 6. The summed E-state index contributed by atoms with van der Waals surface area (Å²) in [6.07, 6.45) is 1.34. The third-order valence-electron chi connectivity index (χ3n) is 4.25. The van der Waals surface area contributed by atoms with E-state index in [-0.39, 0.29) is 11.6 Å². The summed E-state index contributed by atoms with van der Waals surface area (Å²) in [6, 6.07) is 18.9. The number of amides is 2. The minimum absolute atomic E-state index is 0.0474. The maximum Gasteiger partial charge on any atom is 0.283 e. The van der Waals surface area contributed by atoms with Gasteiger partial charge in [-0.05, 0) is 43.3 Å². The van der Waals surface area contributed by atoms with Crippen LogP contribution in [-0.2, 0) is 4.79 Å². The monoisotopic (exact) mass is 448 g/mol. The van der Waals surface area contributed by atoms with Gasteiger partial charge in [-0.1, -0.05) is 41.6 Å². The summed E-state index contributed by atoms with van der Waals surface area (Å²) in [4.78, 5) is 35.9. The molecule has 0 radical (unpaired) electrons. The molecule has 162 valence electrons. The molecular formula is C23H20N4O4S. The molecule has 0 saturated heterocycles. The highest BCUT2D eigenvalue weighted by molar-refractivity contribution is 7.99. The van der Waals surface area contributed by atoms with Gasteiger partial charge in [0.15, 0.2) is 0 Å². The molecule has 2 N–H and O–H groups in total. The predicted octanol–water partition coefficient (Wildman–Crippen LogP) is 4.78. The number of anilines is 1. The van der Waals surface area contributed by atoms with E-state index in [0.29, 0.717) is 21.7 Å².